The standard InChI is InChI=1S/C15H23N3O4/c1-5-10(11-7-6-9(16)8-17-11)12(13(19)20)18-14(21)22-15(2,3)4/h6-8,10,12H,5,16H2,1-4H3,(H,18,21)(H,19,20)/t10?,12-/m0/s1. The largest absolute Gasteiger partial charge is 0.480 e. The van der Waals surface area contributed by atoms with Gasteiger partial charge in [0.05, 0.1) is 11.9 Å². The molecule has 1 rings (SSSR count). The molecule has 7 heteroatoms. The topological polar surface area (TPSA) is 115 Å². The fraction of sp³-hybridized carbons (Fsp3) is 0.533. The van der Waals surface area contributed by atoms with Crippen LogP contribution in [0.1, 0.15) is 45.7 Å². The Kier molecular flexibility index (Phi) is 5.73. The molecule has 1 aromatic rings. The van der Waals surface area contributed by atoms with Gasteiger partial charge in [0.15, 0.2) is 0 Å². The van der Waals surface area contributed by atoms with Gasteiger partial charge in [0, 0.05) is 11.6 Å². The predicted octanol–water partition coefficient (Wildman–Crippen LogP) is 2.14. The second-order valence-corrected chi connectivity index (χ2v) is 5.99. The van der Waals surface area contributed by atoms with Gasteiger partial charge in [-0.25, -0.2) is 9.59 Å². The normalized spacial score (nSPS) is 14.0. The first-order chi connectivity index (χ1) is 10.1. The molecule has 7 nitrogen and oxygen atoms in total. The number of nitrogens with zero attached hydrogens (tertiary/aromatic N) is 1. The first-order valence-corrected chi connectivity index (χ1v) is 7.07. The molecule has 4 N–H and O–H groups in total. The van der Waals surface area contributed by atoms with Crippen LogP contribution in [0.3, 0.4) is 0 Å². The Morgan fingerprint density at radius 1 is 1.41 bits per heavy atom. The summed E-state index contributed by atoms with van der Waals surface area (Å²) in [6.45, 7) is 6.96. The van der Waals surface area contributed by atoms with Gasteiger partial charge in [0.1, 0.15) is 11.6 Å². The van der Waals surface area contributed by atoms with Crippen LogP contribution in [-0.4, -0.2) is 33.8 Å². The van der Waals surface area contributed by atoms with Gasteiger partial charge < -0.3 is 20.9 Å². The van der Waals surface area contributed by atoms with Gasteiger partial charge in [-0.15, -0.1) is 0 Å². The van der Waals surface area contributed by atoms with Crippen molar-refractivity contribution in [3.05, 3.63) is 24.0 Å². The minimum atomic E-state index is -1.14. The Labute approximate surface area is 129 Å². The number of carbonyl (C=O) groups excluding carboxylic acids is 1. The van der Waals surface area contributed by atoms with Crippen LogP contribution in [0.15, 0.2) is 18.3 Å². The number of aromatic nitrogens is 1. The third kappa shape index (κ3) is 5.23. The number of hydrogen-bond acceptors (Lipinski definition) is 5. The number of ether oxygens (including phenoxy) is 1. The smallest absolute Gasteiger partial charge is 0.408 e. The Hall–Kier alpha value is -2.31. The van der Waals surface area contributed by atoms with Crippen LogP contribution in [0.5, 0.6) is 0 Å². The summed E-state index contributed by atoms with van der Waals surface area (Å²) in [5.74, 6) is -1.62. The number of pyridine rings is 1. The van der Waals surface area contributed by atoms with Crippen molar-refractivity contribution in [2.75, 3.05) is 5.73 Å². The lowest BCUT2D eigenvalue weighted by molar-refractivity contribution is -0.140. The Morgan fingerprint density at radius 2 is 2.05 bits per heavy atom. The molecule has 0 radical (unpaired) electrons. The van der Waals surface area contributed by atoms with E-state index in [1.54, 1.807) is 32.9 Å². The summed E-state index contributed by atoms with van der Waals surface area (Å²) < 4.78 is 5.11. The lowest BCUT2D eigenvalue weighted by Gasteiger charge is -2.26. The number of hydrogen-bond donors (Lipinski definition) is 3. The van der Waals surface area contributed by atoms with Crippen LogP contribution >= 0.6 is 0 Å². The molecule has 122 valence electrons. The zero-order valence-electron chi connectivity index (χ0n) is 13.3. The molecule has 1 amide bonds. The van der Waals surface area contributed by atoms with Crippen molar-refractivity contribution in [1.29, 1.82) is 0 Å². The molecule has 0 aliphatic carbocycles. The molecule has 0 fully saturated rings. The van der Waals surface area contributed by atoms with Crippen molar-refractivity contribution in [2.45, 2.75) is 51.7 Å². The molecule has 2 atom stereocenters. The highest BCUT2D eigenvalue weighted by molar-refractivity contribution is 5.81. The molecule has 0 aromatic carbocycles. The highest BCUT2D eigenvalue weighted by Gasteiger charge is 2.32. The van der Waals surface area contributed by atoms with E-state index in [9.17, 15) is 14.7 Å². The van der Waals surface area contributed by atoms with Crippen molar-refractivity contribution < 1.29 is 19.4 Å². The summed E-state index contributed by atoms with van der Waals surface area (Å²) in [6, 6.07) is 2.18. The molecule has 1 heterocycles. The Bertz CT molecular complexity index is 523. The monoisotopic (exact) mass is 309 g/mol. The van der Waals surface area contributed by atoms with Gasteiger partial charge in [-0.2, -0.15) is 0 Å². The average Bonchev–Trinajstić information content (AvgIpc) is 2.38. The van der Waals surface area contributed by atoms with Gasteiger partial charge in [0.25, 0.3) is 0 Å². The van der Waals surface area contributed by atoms with Gasteiger partial charge in [-0.05, 0) is 39.3 Å². The minimum Gasteiger partial charge on any atom is -0.480 e. The maximum absolute atomic E-state index is 11.8. The van der Waals surface area contributed by atoms with Crippen LogP contribution in [0.25, 0.3) is 0 Å². The van der Waals surface area contributed by atoms with E-state index in [0.717, 1.165) is 0 Å². The van der Waals surface area contributed by atoms with Crippen LogP contribution in [0, 0.1) is 0 Å². The minimum absolute atomic E-state index is 0.481. The van der Waals surface area contributed by atoms with Crippen LogP contribution in [0.2, 0.25) is 0 Å². The number of rotatable bonds is 5. The highest BCUT2D eigenvalue weighted by Crippen LogP contribution is 2.23. The molecular weight excluding hydrogens is 286 g/mol. The van der Waals surface area contributed by atoms with Crippen molar-refractivity contribution >= 4 is 17.7 Å². The van der Waals surface area contributed by atoms with E-state index in [-0.39, 0.29) is 0 Å². The Morgan fingerprint density at radius 3 is 2.45 bits per heavy atom. The number of aliphatic carboxylic acids is 1. The number of nitrogens with two attached hydrogens (primary N) is 1. The molecule has 0 bridgehead atoms. The first kappa shape index (κ1) is 17.7. The number of amides is 1. The van der Waals surface area contributed by atoms with Crippen molar-refractivity contribution in [3.8, 4) is 0 Å². The molecule has 0 saturated heterocycles. The molecule has 0 aliphatic rings. The highest BCUT2D eigenvalue weighted by atomic mass is 16.6. The molecule has 22 heavy (non-hydrogen) atoms. The maximum atomic E-state index is 11.8. The van der Waals surface area contributed by atoms with E-state index in [0.29, 0.717) is 17.8 Å². The quantitative estimate of drug-likeness (QED) is 0.767. The molecular formula is C15H23N3O4. The summed E-state index contributed by atoms with van der Waals surface area (Å²) in [7, 11) is 0. The van der Waals surface area contributed by atoms with Crippen LogP contribution < -0.4 is 11.1 Å². The molecule has 0 aliphatic heterocycles. The fourth-order valence-electron chi connectivity index (χ4n) is 2.02. The van der Waals surface area contributed by atoms with E-state index in [2.05, 4.69) is 10.3 Å². The fourth-order valence-corrected chi connectivity index (χ4v) is 2.02. The summed E-state index contributed by atoms with van der Waals surface area (Å²) in [5.41, 5.74) is 5.93. The van der Waals surface area contributed by atoms with Gasteiger partial charge in [0.2, 0.25) is 0 Å². The number of nitrogens with one attached hydrogen (secondary N) is 1. The van der Waals surface area contributed by atoms with E-state index >= 15 is 0 Å². The zero-order chi connectivity index (χ0) is 16.9. The molecule has 1 unspecified atom stereocenters. The molecule has 0 saturated carbocycles. The van der Waals surface area contributed by atoms with Crippen molar-refractivity contribution in [1.82, 2.24) is 10.3 Å². The van der Waals surface area contributed by atoms with Crippen LogP contribution in [-0.2, 0) is 9.53 Å². The summed E-state index contributed by atoms with van der Waals surface area (Å²) in [5, 5.41) is 11.8. The number of alkyl carbamates (subject to hydrolysis) is 1. The maximum Gasteiger partial charge on any atom is 0.408 e. The van der Waals surface area contributed by atoms with Crippen molar-refractivity contribution in [2.24, 2.45) is 0 Å². The van der Waals surface area contributed by atoms with Gasteiger partial charge in [-0.3, -0.25) is 4.98 Å². The number of nitrogen functional groups attached to an aromatic ring is 1. The number of carboxylic acid groups (broad SMARTS) is 1. The molecule has 0 spiro atoms. The SMILES string of the molecule is CCC(c1ccc(N)cn1)[C@H](NC(=O)OC(C)(C)C)C(=O)O. The second-order valence-electron chi connectivity index (χ2n) is 5.99. The third-order valence-electron chi connectivity index (χ3n) is 2.97. The number of anilines is 1. The van der Waals surface area contributed by atoms with Crippen molar-refractivity contribution in [3.63, 3.8) is 0 Å². The number of carboxylic acids is 1. The average molecular weight is 309 g/mol. The first-order valence-electron chi connectivity index (χ1n) is 7.07. The summed E-state index contributed by atoms with van der Waals surface area (Å²) in [4.78, 5) is 27.5. The zero-order valence-corrected chi connectivity index (χ0v) is 13.3. The lowest BCUT2D eigenvalue weighted by atomic mass is 9.93. The van der Waals surface area contributed by atoms with Gasteiger partial charge in [-0.1, -0.05) is 6.92 Å². The Balaban J connectivity index is 2.94. The number of carbonyl (C=O) groups is 2. The van der Waals surface area contributed by atoms with E-state index in [1.807, 2.05) is 6.92 Å². The van der Waals surface area contributed by atoms with E-state index in [1.165, 1.54) is 6.20 Å². The third-order valence-corrected chi connectivity index (χ3v) is 2.97. The van der Waals surface area contributed by atoms with E-state index < -0.39 is 29.6 Å². The van der Waals surface area contributed by atoms with Gasteiger partial charge >= 0.3 is 12.1 Å². The summed E-state index contributed by atoms with van der Waals surface area (Å²) >= 11 is 0. The molecule has 1 aromatic heterocycles. The lowest BCUT2D eigenvalue weighted by Crippen LogP contribution is -2.47. The summed E-state index contributed by atoms with van der Waals surface area (Å²) in [6.07, 6.45) is 1.18. The predicted molar refractivity (Wildman–Crippen MR) is 82.5 cm³/mol. The van der Waals surface area contributed by atoms with E-state index in [4.69, 9.17) is 10.5 Å². The van der Waals surface area contributed by atoms with Crippen LogP contribution in [0.4, 0.5) is 10.5 Å². The second kappa shape index (κ2) is 7.11.